The van der Waals surface area contributed by atoms with E-state index in [0.29, 0.717) is 0 Å². The average Bonchev–Trinajstić information content (AvgIpc) is 3.28. The number of esters is 4. The topological polar surface area (TPSA) is 252 Å². The van der Waals surface area contributed by atoms with Crippen molar-refractivity contribution in [3.05, 3.63) is 108 Å². The van der Waals surface area contributed by atoms with Crippen molar-refractivity contribution < 1.29 is 87.3 Å². The highest BCUT2D eigenvalue weighted by Gasteiger charge is 2.56. The Balaban J connectivity index is 1.42. The molecule has 3 aliphatic heterocycles. The number of aliphatic hydroxyl groups is 5. The fourth-order valence-electron chi connectivity index (χ4n) is 7.41. The lowest BCUT2D eigenvalue weighted by molar-refractivity contribution is -0.365. The van der Waals surface area contributed by atoms with E-state index in [0.717, 1.165) is 7.11 Å². The molecule has 3 aromatic rings. The van der Waals surface area contributed by atoms with Crippen LogP contribution < -0.4 is 0 Å². The first kappa shape index (κ1) is 45.7. The largest absolute Gasteiger partial charge is 0.469 e. The van der Waals surface area contributed by atoms with E-state index in [1.807, 2.05) is 0 Å². The molecule has 3 aromatic carbocycles. The Morgan fingerprint density at radius 1 is 0.557 bits per heavy atom. The van der Waals surface area contributed by atoms with Gasteiger partial charge in [0.1, 0.15) is 61.5 Å². The molecule has 0 spiro atoms. The molecule has 0 amide bonds. The zero-order valence-corrected chi connectivity index (χ0v) is 33.5. The van der Waals surface area contributed by atoms with E-state index in [4.69, 9.17) is 42.6 Å². The third-order valence-electron chi connectivity index (χ3n) is 10.8. The summed E-state index contributed by atoms with van der Waals surface area (Å²) < 4.78 is 53.4. The SMILES string of the molecule is COC(=O)CC1[C@@H](OC(=O)c2ccccc2)C(COC(=O)c2ccccc2)O[C@@H](OC2[C@@H](O[C@H]3OC(C)[C@@H](O)C(O)C3O)C(CO)O[C@@H](C)[C@@H]2O)[C@@H]1OC(=O)c1ccccc1. The van der Waals surface area contributed by atoms with E-state index in [1.165, 1.54) is 50.2 Å². The van der Waals surface area contributed by atoms with Gasteiger partial charge in [-0.1, -0.05) is 54.6 Å². The van der Waals surface area contributed by atoms with Crippen LogP contribution in [0.25, 0.3) is 0 Å². The standard InChI is InChI=1S/C43H50O18/c1-22-31(46)33(48)34(49)42(56-22)60-37-28(20-44)55-23(2)32(47)38(37)61-43-36(59-41(52)26-17-11-6-12-18-26)27(19-30(45)53-3)35(58-40(51)25-15-9-5-10-16-25)29(57-43)21-54-39(50)24-13-7-4-8-14-24/h4-18,22-23,27-29,31-38,42-44,46-49H,19-21H2,1-3H3/t22?,23-,27?,28?,29?,31+,32-,33?,34?,35+,36+,37-,38?,42+,43-/m0/s1. The van der Waals surface area contributed by atoms with Gasteiger partial charge in [0, 0.05) is 0 Å². The molecule has 5 N–H and O–H groups in total. The number of hydrogen-bond donors (Lipinski definition) is 5. The van der Waals surface area contributed by atoms with Crippen LogP contribution in [0.3, 0.4) is 0 Å². The van der Waals surface area contributed by atoms with Crippen LogP contribution in [-0.4, -0.2) is 156 Å². The van der Waals surface area contributed by atoms with Crippen molar-refractivity contribution >= 4 is 23.9 Å². The number of aliphatic hydroxyl groups excluding tert-OH is 5. The predicted octanol–water partition coefficient (Wildman–Crippen LogP) is 0.937. The van der Waals surface area contributed by atoms with Crippen LogP contribution >= 0.6 is 0 Å². The lowest BCUT2D eigenvalue weighted by atomic mass is 9.85. The number of rotatable bonds is 14. The third-order valence-corrected chi connectivity index (χ3v) is 10.8. The lowest BCUT2D eigenvalue weighted by Gasteiger charge is -2.50. The molecule has 3 heterocycles. The van der Waals surface area contributed by atoms with Crippen LogP contribution in [-0.2, 0) is 47.4 Å². The van der Waals surface area contributed by atoms with Crippen molar-refractivity contribution in [2.45, 2.75) is 106 Å². The summed E-state index contributed by atoms with van der Waals surface area (Å²) in [5.74, 6) is -4.74. The summed E-state index contributed by atoms with van der Waals surface area (Å²) in [5, 5.41) is 53.9. The number of methoxy groups -OCH3 is 1. The molecular weight excluding hydrogens is 804 g/mol. The Kier molecular flexibility index (Phi) is 15.6. The maximum Gasteiger partial charge on any atom is 0.338 e. The Labute approximate surface area is 350 Å². The van der Waals surface area contributed by atoms with Crippen molar-refractivity contribution in [1.29, 1.82) is 0 Å². The molecule has 0 aromatic heterocycles. The summed E-state index contributed by atoms with van der Waals surface area (Å²) >= 11 is 0. The second-order valence-electron chi connectivity index (χ2n) is 14.9. The molecule has 3 aliphatic rings. The van der Waals surface area contributed by atoms with Crippen LogP contribution in [0.4, 0.5) is 0 Å². The number of carbonyl (C=O) groups is 4. The number of hydrogen-bond acceptors (Lipinski definition) is 18. The molecule has 3 fully saturated rings. The first-order valence-electron chi connectivity index (χ1n) is 19.7. The fraction of sp³-hybridized carbons (Fsp3) is 0.488. The summed E-state index contributed by atoms with van der Waals surface area (Å²) in [7, 11) is 1.13. The molecule has 0 aliphatic carbocycles. The summed E-state index contributed by atoms with van der Waals surface area (Å²) in [6.07, 6.45) is -21.7. The second kappa shape index (κ2) is 20.8. The van der Waals surface area contributed by atoms with E-state index in [1.54, 1.807) is 54.6 Å². The van der Waals surface area contributed by atoms with Crippen LogP contribution in [0.2, 0.25) is 0 Å². The van der Waals surface area contributed by atoms with Crippen molar-refractivity contribution in [1.82, 2.24) is 0 Å². The van der Waals surface area contributed by atoms with Crippen LogP contribution in [0.5, 0.6) is 0 Å². The maximum atomic E-state index is 13.9. The molecule has 6 rings (SSSR count). The van der Waals surface area contributed by atoms with Crippen molar-refractivity contribution in [3.63, 3.8) is 0 Å². The molecule has 330 valence electrons. The summed E-state index contributed by atoms with van der Waals surface area (Å²) in [5.41, 5.74) is 0.372. The van der Waals surface area contributed by atoms with E-state index >= 15 is 0 Å². The van der Waals surface area contributed by atoms with Crippen LogP contribution in [0.15, 0.2) is 91.0 Å². The first-order chi connectivity index (χ1) is 29.3. The third kappa shape index (κ3) is 10.8. The second-order valence-corrected chi connectivity index (χ2v) is 14.9. The van der Waals surface area contributed by atoms with Gasteiger partial charge in [0.05, 0.1) is 55.0 Å². The molecule has 7 unspecified atom stereocenters. The van der Waals surface area contributed by atoms with E-state index in [2.05, 4.69) is 0 Å². The molecule has 0 saturated carbocycles. The highest BCUT2D eigenvalue weighted by molar-refractivity contribution is 5.90. The number of ether oxygens (including phenoxy) is 9. The highest BCUT2D eigenvalue weighted by Crippen LogP contribution is 2.39. The lowest BCUT2D eigenvalue weighted by Crippen LogP contribution is -2.66. The Morgan fingerprint density at radius 2 is 1.07 bits per heavy atom. The van der Waals surface area contributed by atoms with E-state index in [-0.39, 0.29) is 16.7 Å². The minimum atomic E-state index is -1.82. The zero-order chi connectivity index (χ0) is 43.8. The van der Waals surface area contributed by atoms with Gasteiger partial charge in [-0.15, -0.1) is 0 Å². The predicted molar refractivity (Wildman–Crippen MR) is 206 cm³/mol. The normalized spacial score (nSPS) is 33.8. The molecule has 18 heteroatoms. The monoisotopic (exact) mass is 854 g/mol. The Hall–Kier alpha value is -4.86. The maximum absolute atomic E-state index is 13.9. The summed E-state index contributed by atoms with van der Waals surface area (Å²) in [4.78, 5) is 54.1. The average molecular weight is 855 g/mol. The Bertz CT molecular complexity index is 1900. The van der Waals surface area contributed by atoms with Gasteiger partial charge in [-0.2, -0.15) is 0 Å². The molecule has 3 saturated heterocycles. The van der Waals surface area contributed by atoms with Gasteiger partial charge >= 0.3 is 23.9 Å². The first-order valence-corrected chi connectivity index (χ1v) is 19.7. The molecule has 0 radical (unpaired) electrons. The van der Waals surface area contributed by atoms with E-state index in [9.17, 15) is 44.7 Å². The van der Waals surface area contributed by atoms with Crippen molar-refractivity contribution in [3.8, 4) is 0 Å². The number of carbonyl (C=O) groups excluding carboxylic acids is 4. The molecule has 15 atom stereocenters. The smallest absolute Gasteiger partial charge is 0.338 e. The van der Waals surface area contributed by atoms with Gasteiger partial charge < -0.3 is 68.2 Å². The summed E-state index contributed by atoms with van der Waals surface area (Å²) in [6.45, 7) is 1.58. The van der Waals surface area contributed by atoms with Gasteiger partial charge in [0.15, 0.2) is 18.7 Å². The van der Waals surface area contributed by atoms with Gasteiger partial charge in [-0.3, -0.25) is 4.79 Å². The number of benzene rings is 3. The van der Waals surface area contributed by atoms with Gasteiger partial charge in [-0.05, 0) is 50.2 Å². The van der Waals surface area contributed by atoms with Gasteiger partial charge in [0.2, 0.25) is 0 Å². The van der Waals surface area contributed by atoms with Crippen LogP contribution in [0.1, 0.15) is 51.3 Å². The van der Waals surface area contributed by atoms with Crippen LogP contribution in [0, 0.1) is 5.92 Å². The quantitative estimate of drug-likeness (QED) is 0.112. The van der Waals surface area contributed by atoms with Gasteiger partial charge in [-0.25, -0.2) is 14.4 Å². The van der Waals surface area contributed by atoms with Crippen molar-refractivity contribution in [2.75, 3.05) is 20.3 Å². The fourth-order valence-corrected chi connectivity index (χ4v) is 7.41. The molecule has 18 nitrogen and oxygen atoms in total. The highest BCUT2D eigenvalue weighted by atomic mass is 16.8. The van der Waals surface area contributed by atoms with E-state index < -0.39 is 135 Å². The van der Waals surface area contributed by atoms with Gasteiger partial charge in [0.25, 0.3) is 0 Å². The molecular formula is C43H50O18. The molecule has 61 heavy (non-hydrogen) atoms. The minimum Gasteiger partial charge on any atom is -0.469 e. The molecule has 0 bridgehead atoms. The Morgan fingerprint density at radius 3 is 1.61 bits per heavy atom. The van der Waals surface area contributed by atoms with Crippen molar-refractivity contribution in [2.24, 2.45) is 5.92 Å². The zero-order valence-electron chi connectivity index (χ0n) is 33.5. The summed E-state index contributed by atoms with van der Waals surface area (Å²) in [6, 6.07) is 23.6. The minimum absolute atomic E-state index is 0.0781.